The number of nitrogens with zero attached hydrogens (tertiary/aromatic N) is 1. The number of hydrogen-bond donors (Lipinski definition) is 0. The van der Waals surface area contributed by atoms with Crippen LogP contribution in [0.4, 0.5) is 0 Å². The third-order valence-electron chi connectivity index (χ3n) is 6.51. The maximum Gasteiger partial charge on any atom is 0.247 e. The van der Waals surface area contributed by atoms with Gasteiger partial charge in [-0.25, -0.2) is 5.06 Å². The van der Waals surface area contributed by atoms with Crippen molar-refractivity contribution < 1.29 is 19.1 Å². The highest BCUT2D eigenvalue weighted by Gasteiger charge is 2.57. The van der Waals surface area contributed by atoms with E-state index in [-0.39, 0.29) is 17.9 Å². The van der Waals surface area contributed by atoms with Crippen molar-refractivity contribution in [2.45, 2.75) is 37.1 Å². The number of rotatable bonds is 4. The second-order valence-electron chi connectivity index (χ2n) is 8.13. The van der Waals surface area contributed by atoms with E-state index in [2.05, 4.69) is 23.7 Å². The van der Waals surface area contributed by atoms with Crippen LogP contribution < -0.4 is 9.47 Å². The predicted molar refractivity (Wildman–Crippen MR) is 122 cm³/mol. The van der Waals surface area contributed by atoms with E-state index in [0.717, 1.165) is 30.4 Å². The minimum Gasteiger partial charge on any atom is -0.493 e. The number of hydroxylamine groups is 2. The van der Waals surface area contributed by atoms with Crippen LogP contribution in [0.3, 0.4) is 0 Å². The first-order valence-corrected chi connectivity index (χ1v) is 10.8. The van der Waals surface area contributed by atoms with E-state index in [1.54, 1.807) is 21.3 Å². The summed E-state index contributed by atoms with van der Waals surface area (Å²) in [7, 11) is 4.79. The molecule has 1 aliphatic heterocycles. The predicted octanol–water partition coefficient (Wildman–Crippen LogP) is 3.96. The van der Waals surface area contributed by atoms with E-state index in [1.165, 1.54) is 5.06 Å². The minimum atomic E-state index is -0.392. The Kier molecular flexibility index (Phi) is 6.40. The number of methoxy groups -OCH3 is 2. The Balaban J connectivity index is 1.71. The SMILES string of the molecule is COc1ccc([C@]23CCC[C@@H](C#CC#Cc4ccccc4)[C@H]2N(OC)C(=O)C3)cc1OC. The first-order chi connectivity index (χ1) is 15.6. The topological polar surface area (TPSA) is 48.0 Å². The maximum atomic E-state index is 13.0. The summed E-state index contributed by atoms with van der Waals surface area (Å²) in [6, 6.07) is 15.5. The Morgan fingerprint density at radius 3 is 2.50 bits per heavy atom. The van der Waals surface area contributed by atoms with Crippen LogP contribution in [0, 0.1) is 29.6 Å². The molecule has 0 radical (unpaired) electrons. The quantitative estimate of drug-likeness (QED) is 0.691. The molecule has 0 bridgehead atoms. The van der Waals surface area contributed by atoms with Crippen LogP contribution in [-0.2, 0) is 15.0 Å². The number of fused-ring (bicyclic) bond motifs is 1. The van der Waals surface area contributed by atoms with Crippen LogP contribution in [-0.4, -0.2) is 38.3 Å². The van der Waals surface area contributed by atoms with Gasteiger partial charge in [0, 0.05) is 23.3 Å². The van der Waals surface area contributed by atoms with Crippen molar-refractivity contribution >= 4 is 5.91 Å². The number of amides is 1. The molecule has 1 amide bonds. The van der Waals surface area contributed by atoms with E-state index in [1.807, 2.05) is 48.5 Å². The molecular weight excluding hydrogens is 402 g/mol. The number of hydrogen-bond acceptors (Lipinski definition) is 4. The molecule has 1 aliphatic carbocycles. The molecule has 1 saturated heterocycles. The normalized spacial score (nSPS) is 24.0. The molecular formula is C27H27NO4. The van der Waals surface area contributed by atoms with Gasteiger partial charge in [0.2, 0.25) is 5.91 Å². The molecule has 0 unspecified atom stereocenters. The van der Waals surface area contributed by atoms with Gasteiger partial charge in [0.15, 0.2) is 11.5 Å². The molecule has 5 heteroatoms. The molecule has 1 saturated carbocycles. The van der Waals surface area contributed by atoms with Gasteiger partial charge in [0.1, 0.15) is 0 Å². The van der Waals surface area contributed by atoms with Gasteiger partial charge in [-0.15, -0.1) is 0 Å². The molecule has 2 aromatic rings. The van der Waals surface area contributed by atoms with Crippen molar-refractivity contribution in [1.82, 2.24) is 5.06 Å². The van der Waals surface area contributed by atoms with Crippen molar-refractivity contribution in [3.63, 3.8) is 0 Å². The van der Waals surface area contributed by atoms with Gasteiger partial charge in [0.25, 0.3) is 0 Å². The third kappa shape index (κ3) is 3.93. The number of benzene rings is 2. The Morgan fingerprint density at radius 2 is 1.78 bits per heavy atom. The second kappa shape index (κ2) is 9.39. The number of carbonyl (C=O) groups excluding carboxylic acids is 1. The summed E-state index contributed by atoms with van der Waals surface area (Å²) < 4.78 is 10.9. The smallest absolute Gasteiger partial charge is 0.247 e. The minimum absolute atomic E-state index is 0.0173. The van der Waals surface area contributed by atoms with Crippen LogP contribution in [0.1, 0.15) is 36.8 Å². The summed E-state index contributed by atoms with van der Waals surface area (Å²) >= 11 is 0. The van der Waals surface area contributed by atoms with Crippen molar-refractivity contribution in [1.29, 1.82) is 0 Å². The summed E-state index contributed by atoms with van der Waals surface area (Å²) in [6.07, 6.45) is 3.13. The largest absolute Gasteiger partial charge is 0.493 e. The van der Waals surface area contributed by atoms with Gasteiger partial charge >= 0.3 is 0 Å². The van der Waals surface area contributed by atoms with Gasteiger partial charge in [-0.2, -0.15) is 0 Å². The zero-order valence-corrected chi connectivity index (χ0v) is 18.7. The van der Waals surface area contributed by atoms with E-state index < -0.39 is 5.41 Å². The molecule has 2 aromatic carbocycles. The molecule has 32 heavy (non-hydrogen) atoms. The molecule has 164 valence electrons. The molecule has 1 heterocycles. The molecule has 0 spiro atoms. The zero-order valence-electron chi connectivity index (χ0n) is 18.7. The fourth-order valence-electron chi connectivity index (χ4n) is 5.10. The van der Waals surface area contributed by atoms with Crippen molar-refractivity contribution in [3.05, 3.63) is 59.7 Å². The Hall–Kier alpha value is -3.41. The molecule has 3 atom stereocenters. The Labute approximate surface area is 189 Å². The van der Waals surface area contributed by atoms with E-state index in [9.17, 15) is 4.79 Å². The summed E-state index contributed by atoms with van der Waals surface area (Å²) in [5, 5.41) is 1.53. The molecule has 0 aromatic heterocycles. The Bertz CT molecular complexity index is 1110. The van der Waals surface area contributed by atoms with Crippen molar-refractivity contribution in [2.75, 3.05) is 21.3 Å². The highest BCUT2D eigenvalue weighted by Crippen LogP contribution is 2.52. The lowest BCUT2D eigenvalue weighted by atomic mass is 9.62. The van der Waals surface area contributed by atoms with Gasteiger partial charge < -0.3 is 9.47 Å². The van der Waals surface area contributed by atoms with E-state index >= 15 is 0 Å². The average molecular weight is 430 g/mol. The summed E-state index contributed by atoms with van der Waals surface area (Å²) in [6.45, 7) is 0. The fraction of sp³-hybridized carbons (Fsp3) is 0.370. The van der Waals surface area contributed by atoms with Crippen molar-refractivity contribution in [3.8, 4) is 35.2 Å². The second-order valence-corrected chi connectivity index (χ2v) is 8.13. The van der Waals surface area contributed by atoms with Gasteiger partial charge in [-0.05, 0) is 54.5 Å². The lowest BCUT2D eigenvalue weighted by Gasteiger charge is -2.43. The van der Waals surface area contributed by atoms with Crippen LogP contribution in [0.15, 0.2) is 48.5 Å². The summed E-state index contributed by atoms with van der Waals surface area (Å²) in [5.41, 5.74) is 1.59. The molecule has 2 aliphatic rings. The first kappa shape index (κ1) is 21.8. The lowest BCUT2D eigenvalue weighted by Crippen LogP contribution is -2.50. The van der Waals surface area contributed by atoms with E-state index in [0.29, 0.717) is 17.9 Å². The summed E-state index contributed by atoms with van der Waals surface area (Å²) in [4.78, 5) is 18.5. The van der Waals surface area contributed by atoms with Gasteiger partial charge in [-0.3, -0.25) is 9.63 Å². The number of ether oxygens (including phenoxy) is 2. The van der Waals surface area contributed by atoms with Crippen LogP contribution in [0.25, 0.3) is 0 Å². The molecule has 0 N–H and O–H groups in total. The maximum absolute atomic E-state index is 13.0. The molecule has 4 rings (SSSR count). The summed E-state index contributed by atoms with van der Waals surface area (Å²) in [5.74, 6) is 13.7. The standard InChI is InChI=1S/C27H27NO4/c1-30-23-16-15-22(18-24(23)31-2)27-17-9-14-21(26(27)28(32-3)25(29)19-27)13-8-7-12-20-10-5-4-6-11-20/h4-6,10-11,15-16,18,21,26H,9,14,17,19H2,1-3H3/t21-,26-,27-/m1/s1. The fourth-order valence-corrected chi connectivity index (χ4v) is 5.10. The first-order valence-electron chi connectivity index (χ1n) is 10.8. The van der Waals surface area contributed by atoms with Crippen LogP contribution >= 0.6 is 0 Å². The van der Waals surface area contributed by atoms with Crippen molar-refractivity contribution in [2.24, 2.45) is 5.92 Å². The van der Waals surface area contributed by atoms with Gasteiger partial charge in [-0.1, -0.05) is 42.5 Å². The molecule has 2 fully saturated rings. The average Bonchev–Trinajstić information content (AvgIpc) is 3.14. The molecule has 5 nitrogen and oxygen atoms in total. The van der Waals surface area contributed by atoms with Crippen LogP contribution in [0.2, 0.25) is 0 Å². The van der Waals surface area contributed by atoms with Gasteiger partial charge in [0.05, 0.1) is 27.4 Å². The van der Waals surface area contributed by atoms with Crippen LogP contribution in [0.5, 0.6) is 11.5 Å². The highest BCUT2D eigenvalue weighted by atomic mass is 16.7. The van der Waals surface area contributed by atoms with E-state index in [4.69, 9.17) is 14.3 Å². The number of carbonyl (C=O) groups is 1. The lowest BCUT2D eigenvalue weighted by molar-refractivity contribution is -0.184. The Morgan fingerprint density at radius 1 is 1.00 bits per heavy atom. The monoisotopic (exact) mass is 429 g/mol. The highest BCUT2D eigenvalue weighted by molar-refractivity contribution is 5.81. The zero-order chi connectivity index (χ0) is 22.6. The third-order valence-corrected chi connectivity index (χ3v) is 6.51.